The third kappa shape index (κ3) is 5.44. The summed E-state index contributed by atoms with van der Waals surface area (Å²) >= 11 is 1.24. The Morgan fingerprint density at radius 1 is 1.23 bits per heavy atom. The van der Waals surface area contributed by atoms with E-state index in [9.17, 15) is 31.5 Å². The van der Waals surface area contributed by atoms with Crippen LogP contribution in [0.3, 0.4) is 0 Å². The van der Waals surface area contributed by atoms with Crippen molar-refractivity contribution in [2.45, 2.75) is 23.9 Å². The van der Waals surface area contributed by atoms with E-state index in [1.807, 2.05) is 0 Å². The van der Waals surface area contributed by atoms with Gasteiger partial charge in [-0.15, -0.1) is 13.2 Å². The van der Waals surface area contributed by atoms with Gasteiger partial charge in [0.15, 0.2) is 16.6 Å². The number of piperazine rings is 1. The SMILES string of the molecule is COCc1ncc2sc(N3CCN(S(=O)(=O)c4ccc(OC(F)(F)F)cc4)[C@@H](C(=O)O)C3)nc2n1. The van der Waals surface area contributed by atoms with Gasteiger partial charge in [-0.25, -0.2) is 18.4 Å². The number of hydrogen-bond acceptors (Lipinski definition) is 10. The van der Waals surface area contributed by atoms with E-state index in [-0.39, 0.29) is 31.1 Å². The molecular formula is C19H18F3N5O6S2. The summed E-state index contributed by atoms with van der Waals surface area (Å²) in [7, 11) is -2.82. The van der Waals surface area contributed by atoms with E-state index in [4.69, 9.17) is 4.74 Å². The number of carboxylic acids is 1. The summed E-state index contributed by atoms with van der Waals surface area (Å²) < 4.78 is 73.6. The zero-order chi connectivity index (χ0) is 25.4. The van der Waals surface area contributed by atoms with Crippen LogP contribution in [0.1, 0.15) is 5.82 Å². The number of methoxy groups -OCH3 is 1. The fraction of sp³-hybridized carbons (Fsp3) is 0.368. The average Bonchev–Trinajstić information content (AvgIpc) is 3.21. The largest absolute Gasteiger partial charge is 0.573 e. The average molecular weight is 534 g/mol. The first kappa shape index (κ1) is 25.0. The molecule has 3 aromatic rings. The molecule has 2 aromatic heterocycles. The number of rotatable bonds is 7. The van der Waals surface area contributed by atoms with Crippen molar-refractivity contribution >= 4 is 42.8 Å². The fourth-order valence-corrected chi connectivity index (χ4v) is 5.95. The van der Waals surface area contributed by atoms with Crippen LogP contribution in [0.2, 0.25) is 0 Å². The van der Waals surface area contributed by atoms with E-state index in [1.165, 1.54) is 18.4 Å². The van der Waals surface area contributed by atoms with Crippen molar-refractivity contribution in [3.8, 4) is 5.75 Å². The number of sulfonamides is 1. The van der Waals surface area contributed by atoms with Crippen LogP contribution in [0, 0.1) is 0 Å². The second-order valence-corrected chi connectivity index (χ2v) is 10.2. The van der Waals surface area contributed by atoms with Crippen LogP contribution in [0.25, 0.3) is 10.3 Å². The summed E-state index contributed by atoms with van der Waals surface area (Å²) in [5.41, 5.74) is 0.412. The molecule has 11 nitrogen and oxygen atoms in total. The summed E-state index contributed by atoms with van der Waals surface area (Å²) in [6.45, 7) is -0.0428. The van der Waals surface area contributed by atoms with Crippen molar-refractivity contribution < 1.29 is 41.0 Å². The number of thiazole rings is 1. The maximum Gasteiger partial charge on any atom is 0.573 e. The van der Waals surface area contributed by atoms with Gasteiger partial charge >= 0.3 is 12.3 Å². The lowest BCUT2D eigenvalue weighted by atomic mass is 10.2. The van der Waals surface area contributed by atoms with E-state index in [0.29, 0.717) is 21.3 Å². The Kier molecular flexibility index (Phi) is 6.81. The molecule has 3 heterocycles. The molecule has 1 saturated heterocycles. The molecule has 16 heteroatoms. The predicted molar refractivity (Wildman–Crippen MR) is 117 cm³/mol. The normalized spacial score (nSPS) is 17.6. The van der Waals surface area contributed by atoms with E-state index < -0.39 is 34.1 Å². The summed E-state index contributed by atoms with van der Waals surface area (Å²) in [6, 6.07) is 2.12. The number of fused-ring (bicyclic) bond motifs is 1. The van der Waals surface area contributed by atoms with Crippen molar-refractivity contribution in [1.82, 2.24) is 19.3 Å². The number of benzene rings is 1. The van der Waals surface area contributed by atoms with Crippen molar-refractivity contribution in [2.24, 2.45) is 0 Å². The van der Waals surface area contributed by atoms with E-state index in [0.717, 1.165) is 28.6 Å². The molecule has 0 bridgehead atoms. The van der Waals surface area contributed by atoms with Crippen LogP contribution >= 0.6 is 11.3 Å². The van der Waals surface area contributed by atoms with Crippen LogP contribution in [0.5, 0.6) is 5.75 Å². The highest BCUT2D eigenvalue weighted by Crippen LogP contribution is 2.31. The number of carboxylic acid groups (broad SMARTS) is 1. The highest BCUT2D eigenvalue weighted by atomic mass is 32.2. The van der Waals surface area contributed by atoms with Crippen molar-refractivity contribution in [2.75, 3.05) is 31.6 Å². The quantitative estimate of drug-likeness (QED) is 0.481. The van der Waals surface area contributed by atoms with Gasteiger partial charge in [0.05, 0.1) is 15.8 Å². The second-order valence-electron chi connectivity index (χ2n) is 7.34. The molecule has 0 spiro atoms. The number of ether oxygens (including phenoxy) is 2. The minimum absolute atomic E-state index is 0.135. The minimum Gasteiger partial charge on any atom is -0.480 e. The Morgan fingerprint density at radius 3 is 2.57 bits per heavy atom. The summed E-state index contributed by atoms with van der Waals surface area (Å²) in [5.74, 6) is -1.54. The molecule has 1 aliphatic heterocycles. The Bertz CT molecular complexity index is 1330. The molecule has 1 N–H and O–H groups in total. The summed E-state index contributed by atoms with van der Waals surface area (Å²) in [5, 5.41) is 10.2. The van der Waals surface area contributed by atoms with Crippen LogP contribution in [0.15, 0.2) is 35.4 Å². The molecule has 0 radical (unpaired) electrons. The van der Waals surface area contributed by atoms with E-state index in [1.54, 1.807) is 11.1 Å². The Hall–Kier alpha value is -3.08. The molecule has 0 unspecified atom stereocenters. The molecule has 4 rings (SSSR count). The van der Waals surface area contributed by atoms with Gasteiger partial charge in [-0.1, -0.05) is 11.3 Å². The lowest BCUT2D eigenvalue weighted by Gasteiger charge is -2.38. The zero-order valence-electron chi connectivity index (χ0n) is 18.0. The first-order valence-corrected chi connectivity index (χ1v) is 12.2. The van der Waals surface area contributed by atoms with Crippen LogP contribution in [0.4, 0.5) is 18.3 Å². The number of carbonyl (C=O) groups is 1. The number of aromatic nitrogens is 3. The van der Waals surface area contributed by atoms with Gasteiger partial charge in [0, 0.05) is 26.7 Å². The standard InChI is InChI=1S/C19H18F3N5O6S2/c1-32-10-15-23-8-14-16(24-15)25-18(34-14)26-6-7-27(13(9-26)17(28)29)35(30,31)12-4-2-11(3-5-12)33-19(20,21)22/h2-5,8,13H,6-7,9-10H2,1H3,(H,28,29)/t13-/m1/s1. The topological polar surface area (TPSA) is 135 Å². The Balaban J connectivity index is 1.55. The van der Waals surface area contributed by atoms with Crippen molar-refractivity contribution in [1.29, 1.82) is 0 Å². The molecule has 1 aliphatic rings. The molecular weight excluding hydrogens is 515 g/mol. The molecule has 1 atom stereocenters. The first-order valence-electron chi connectivity index (χ1n) is 9.95. The lowest BCUT2D eigenvalue weighted by Crippen LogP contribution is -2.58. The molecule has 0 aliphatic carbocycles. The van der Waals surface area contributed by atoms with Crippen LogP contribution in [-0.2, 0) is 26.2 Å². The molecule has 35 heavy (non-hydrogen) atoms. The van der Waals surface area contributed by atoms with Gasteiger partial charge in [0.2, 0.25) is 10.0 Å². The van der Waals surface area contributed by atoms with Gasteiger partial charge in [-0.3, -0.25) is 4.79 Å². The molecule has 1 aromatic carbocycles. The second kappa shape index (κ2) is 9.52. The van der Waals surface area contributed by atoms with Gasteiger partial charge in [0.1, 0.15) is 18.4 Å². The number of anilines is 1. The van der Waals surface area contributed by atoms with Crippen molar-refractivity contribution in [3.63, 3.8) is 0 Å². The van der Waals surface area contributed by atoms with E-state index in [2.05, 4.69) is 19.7 Å². The first-order chi connectivity index (χ1) is 16.5. The number of halogens is 3. The number of aliphatic carboxylic acids is 1. The highest BCUT2D eigenvalue weighted by molar-refractivity contribution is 7.89. The predicted octanol–water partition coefficient (Wildman–Crippen LogP) is 2.10. The van der Waals surface area contributed by atoms with Crippen LogP contribution in [-0.4, -0.2) is 77.9 Å². The zero-order valence-corrected chi connectivity index (χ0v) is 19.6. The van der Waals surface area contributed by atoms with Crippen molar-refractivity contribution in [3.05, 3.63) is 36.3 Å². The number of alkyl halides is 3. The molecule has 0 saturated carbocycles. The maximum atomic E-state index is 13.1. The van der Waals surface area contributed by atoms with Gasteiger partial charge in [-0.2, -0.15) is 9.29 Å². The molecule has 188 valence electrons. The lowest BCUT2D eigenvalue weighted by molar-refractivity contribution is -0.274. The monoisotopic (exact) mass is 533 g/mol. The third-order valence-corrected chi connectivity index (χ3v) is 7.98. The molecule has 0 amide bonds. The Morgan fingerprint density at radius 2 is 1.94 bits per heavy atom. The van der Waals surface area contributed by atoms with Crippen LogP contribution < -0.4 is 9.64 Å². The maximum absolute atomic E-state index is 13.1. The highest BCUT2D eigenvalue weighted by Gasteiger charge is 2.41. The number of nitrogens with zero attached hydrogens (tertiary/aromatic N) is 5. The third-order valence-electron chi connectivity index (χ3n) is 5.01. The number of hydrogen-bond donors (Lipinski definition) is 1. The summed E-state index contributed by atoms with van der Waals surface area (Å²) in [4.78, 5) is 26.2. The smallest absolute Gasteiger partial charge is 0.480 e. The minimum atomic E-state index is -4.93. The molecule has 1 fully saturated rings. The van der Waals surface area contributed by atoms with Gasteiger partial charge in [0.25, 0.3) is 0 Å². The summed E-state index contributed by atoms with van der Waals surface area (Å²) in [6.07, 6.45) is -3.35. The van der Waals surface area contributed by atoms with E-state index >= 15 is 0 Å². The fourth-order valence-electron chi connectivity index (χ4n) is 3.47. The van der Waals surface area contributed by atoms with Gasteiger partial charge < -0.3 is 19.5 Å². The Labute approximate surface area is 200 Å². The van der Waals surface area contributed by atoms with Gasteiger partial charge in [-0.05, 0) is 24.3 Å².